The first-order valence-electron chi connectivity index (χ1n) is 9.43. The van der Waals surface area contributed by atoms with Gasteiger partial charge in [0.25, 0.3) is 0 Å². The highest BCUT2D eigenvalue weighted by Gasteiger charge is 2.33. The number of nitrogens with zero attached hydrogens (tertiary/aromatic N) is 2. The predicted octanol–water partition coefficient (Wildman–Crippen LogP) is 5.95. The molecule has 1 aliphatic heterocycles. The number of halogens is 2. The second kappa shape index (κ2) is 7.42. The van der Waals surface area contributed by atoms with Crippen molar-refractivity contribution in [3.05, 3.63) is 106 Å². The van der Waals surface area contributed by atoms with E-state index in [9.17, 15) is 13.6 Å². The van der Waals surface area contributed by atoms with E-state index in [-0.39, 0.29) is 11.7 Å². The van der Waals surface area contributed by atoms with E-state index in [0.29, 0.717) is 6.54 Å². The quantitative estimate of drug-likeness (QED) is 0.426. The molecule has 2 amide bonds. The van der Waals surface area contributed by atoms with Crippen molar-refractivity contribution < 1.29 is 13.6 Å². The summed E-state index contributed by atoms with van der Waals surface area (Å²) in [6.45, 7) is 0.323. The normalized spacial score (nSPS) is 15.3. The molecule has 4 aromatic rings. The van der Waals surface area contributed by atoms with Crippen molar-refractivity contribution in [1.29, 1.82) is 0 Å². The Hall–Kier alpha value is -3.45. The highest BCUT2D eigenvalue weighted by molar-refractivity contribution is 7.10. The number of hydrogen-bond donors (Lipinski definition) is 1. The molecule has 1 N–H and O–H groups in total. The van der Waals surface area contributed by atoms with Crippen LogP contribution in [0.25, 0.3) is 5.69 Å². The predicted molar refractivity (Wildman–Crippen MR) is 113 cm³/mol. The van der Waals surface area contributed by atoms with Gasteiger partial charge in [-0.25, -0.2) is 13.6 Å². The molecule has 0 fully saturated rings. The number of thiophene rings is 1. The molecule has 1 aliphatic rings. The van der Waals surface area contributed by atoms with E-state index in [1.165, 1.54) is 0 Å². The van der Waals surface area contributed by atoms with Gasteiger partial charge in [0.15, 0.2) is 0 Å². The first-order chi connectivity index (χ1) is 14.6. The van der Waals surface area contributed by atoms with E-state index >= 15 is 0 Å². The Labute approximate surface area is 176 Å². The first-order valence-corrected chi connectivity index (χ1v) is 10.3. The average Bonchev–Trinajstić information content (AvgIpc) is 3.42. The van der Waals surface area contributed by atoms with Crippen molar-refractivity contribution >= 4 is 23.1 Å². The SMILES string of the molecule is O=C(Nc1cc(F)ccc1F)N1Cc2ccccc2-n2cccc2[C@@H]1c1cccs1. The fourth-order valence-corrected chi connectivity index (χ4v) is 4.71. The van der Waals surface area contributed by atoms with Crippen molar-refractivity contribution in [1.82, 2.24) is 9.47 Å². The van der Waals surface area contributed by atoms with E-state index in [1.54, 1.807) is 16.2 Å². The molecule has 2 aromatic heterocycles. The molecule has 0 spiro atoms. The summed E-state index contributed by atoms with van der Waals surface area (Å²) in [5.41, 5.74) is 2.70. The minimum atomic E-state index is -0.684. The van der Waals surface area contributed by atoms with E-state index in [2.05, 4.69) is 9.88 Å². The van der Waals surface area contributed by atoms with E-state index in [4.69, 9.17) is 0 Å². The second-order valence-corrected chi connectivity index (χ2v) is 8.01. The Bertz CT molecular complexity index is 1220. The monoisotopic (exact) mass is 421 g/mol. The summed E-state index contributed by atoms with van der Waals surface area (Å²) in [4.78, 5) is 16.0. The minimum Gasteiger partial charge on any atom is -0.318 e. The summed E-state index contributed by atoms with van der Waals surface area (Å²) < 4.78 is 29.9. The summed E-state index contributed by atoms with van der Waals surface area (Å²) in [5.74, 6) is -1.30. The summed E-state index contributed by atoms with van der Waals surface area (Å²) in [7, 11) is 0. The van der Waals surface area contributed by atoms with Crippen LogP contribution in [0.4, 0.5) is 19.3 Å². The standard InChI is InChI=1S/C23H17F2N3OS/c24-16-9-10-17(25)18(13-16)26-23(29)28-14-15-5-1-2-6-19(15)27-11-3-7-20(27)22(28)21-8-4-12-30-21/h1-13,22H,14H2,(H,26,29)/t22-/m1/s1. The Morgan fingerprint density at radius 2 is 1.90 bits per heavy atom. The van der Waals surface area contributed by atoms with Gasteiger partial charge in [-0.05, 0) is 47.3 Å². The topological polar surface area (TPSA) is 37.3 Å². The van der Waals surface area contributed by atoms with E-state index < -0.39 is 17.7 Å². The van der Waals surface area contributed by atoms with Gasteiger partial charge in [0.05, 0.1) is 23.6 Å². The Morgan fingerprint density at radius 1 is 1.03 bits per heavy atom. The Morgan fingerprint density at radius 3 is 2.73 bits per heavy atom. The van der Waals surface area contributed by atoms with Crippen LogP contribution >= 0.6 is 11.3 Å². The van der Waals surface area contributed by atoms with Crippen molar-refractivity contribution in [3.63, 3.8) is 0 Å². The highest BCUT2D eigenvalue weighted by atomic mass is 32.1. The van der Waals surface area contributed by atoms with Gasteiger partial charge in [0.1, 0.15) is 17.7 Å². The maximum Gasteiger partial charge on any atom is 0.323 e. The zero-order valence-electron chi connectivity index (χ0n) is 15.8. The van der Waals surface area contributed by atoms with Crippen molar-refractivity contribution in [2.24, 2.45) is 0 Å². The van der Waals surface area contributed by atoms with Gasteiger partial charge in [-0.15, -0.1) is 11.3 Å². The maximum absolute atomic E-state index is 14.2. The lowest BCUT2D eigenvalue weighted by Crippen LogP contribution is -2.37. The van der Waals surface area contributed by atoms with Gasteiger partial charge in [-0.2, -0.15) is 0 Å². The van der Waals surface area contributed by atoms with E-state index in [1.807, 2.05) is 60.1 Å². The summed E-state index contributed by atoms with van der Waals surface area (Å²) in [6.07, 6.45) is 1.97. The van der Waals surface area contributed by atoms with Crippen LogP contribution in [0, 0.1) is 11.6 Å². The van der Waals surface area contributed by atoms with E-state index in [0.717, 1.165) is 40.0 Å². The number of rotatable bonds is 2. The van der Waals surface area contributed by atoms with Crippen LogP contribution in [0.2, 0.25) is 0 Å². The molecule has 7 heteroatoms. The van der Waals surface area contributed by atoms with Crippen molar-refractivity contribution in [2.75, 3.05) is 5.32 Å². The van der Waals surface area contributed by atoms with Crippen LogP contribution in [-0.4, -0.2) is 15.5 Å². The third-order valence-corrected chi connectivity index (χ3v) is 6.13. The smallest absolute Gasteiger partial charge is 0.318 e. The van der Waals surface area contributed by atoms with Gasteiger partial charge < -0.3 is 14.8 Å². The summed E-state index contributed by atoms with van der Waals surface area (Å²) in [5, 5.41) is 4.52. The molecule has 3 heterocycles. The van der Waals surface area contributed by atoms with Gasteiger partial charge in [-0.3, -0.25) is 0 Å². The molecule has 5 rings (SSSR count). The zero-order chi connectivity index (χ0) is 20.7. The minimum absolute atomic E-state index is 0.183. The average molecular weight is 421 g/mol. The van der Waals surface area contributed by atoms with Gasteiger partial charge in [0.2, 0.25) is 0 Å². The molecule has 0 bridgehead atoms. The lowest BCUT2D eigenvalue weighted by Gasteiger charge is -2.30. The number of amides is 2. The molecule has 4 nitrogen and oxygen atoms in total. The number of carbonyl (C=O) groups is 1. The third kappa shape index (κ3) is 3.17. The number of aromatic nitrogens is 1. The highest BCUT2D eigenvalue weighted by Crippen LogP contribution is 2.38. The molecular weight excluding hydrogens is 404 g/mol. The molecule has 0 aliphatic carbocycles. The second-order valence-electron chi connectivity index (χ2n) is 7.03. The number of para-hydroxylation sites is 1. The lowest BCUT2D eigenvalue weighted by atomic mass is 10.1. The number of benzene rings is 2. The maximum atomic E-state index is 14.2. The number of carbonyl (C=O) groups excluding carboxylic acids is 1. The molecule has 1 atom stereocenters. The fraction of sp³-hybridized carbons (Fsp3) is 0.0870. The fourth-order valence-electron chi connectivity index (χ4n) is 3.87. The molecule has 150 valence electrons. The number of hydrogen-bond acceptors (Lipinski definition) is 2. The number of nitrogens with one attached hydrogen (secondary N) is 1. The van der Waals surface area contributed by atoms with Crippen LogP contribution in [0.15, 0.2) is 78.3 Å². The third-order valence-electron chi connectivity index (χ3n) is 5.21. The van der Waals surface area contributed by atoms with Crippen LogP contribution < -0.4 is 5.32 Å². The van der Waals surface area contributed by atoms with Crippen LogP contribution in [-0.2, 0) is 6.54 Å². The molecule has 0 saturated carbocycles. The Kier molecular flexibility index (Phi) is 4.59. The van der Waals surface area contributed by atoms with Crippen molar-refractivity contribution in [2.45, 2.75) is 12.6 Å². The molecule has 30 heavy (non-hydrogen) atoms. The number of anilines is 1. The zero-order valence-corrected chi connectivity index (χ0v) is 16.6. The lowest BCUT2D eigenvalue weighted by molar-refractivity contribution is 0.195. The molecule has 2 aromatic carbocycles. The van der Waals surface area contributed by atoms with Gasteiger partial charge >= 0.3 is 6.03 Å². The summed E-state index contributed by atoms with van der Waals surface area (Å²) >= 11 is 1.55. The van der Waals surface area contributed by atoms with Crippen LogP contribution in [0.3, 0.4) is 0 Å². The first kappa shape index (κ1) is 18.6. The molecule has 0 unspecified atom stereocenters. The molecular formula is C23H17F2N3OS. The Balaban J connectivity index is 1.62. The largest absolute Gasteiger partial charge is 0.323 e. The number of fused-ring (bicyclic) bond motifs is 3. The van der Waals surface area contributed by atoms with Crippen molar-refractivity contribution in [3.8, 4) is 5.69 Å². The van der Waals surface area contributed by atoms with Crippen LogP contribution in [0.5, 0.6) is 0 Å². The van der Waals surface area contributed by atoms with Crippen LogP contribution in [0.1, 0.15) is 22.2 Å². The van der Waals surface area contributed by atoms with Gasteiger partial charge in [-0.1, -0.05) is 24.3 Å². The molecule has 0 radical (unpaired) electrons. The molecule has 0 saturated heterocycles. The summed E-state index contributed by atoms with van der Waals surface area (Å²) in [6, 6.07) is 17.9. The van der Waals surface area contributed by atoms with Gasteiger partial charge in [0, 0.05) is 17.1 Å². The number of urea groups is 1.